The third-order valence-corrected chi connectivity index (χ3v) is 2.39. The van der Waals surface area contributed by atoms with E-state index in [0.29, 0.717) is 17.2 Å². The lowest BCUT2D eigenvalue weighted by molar-refractivity contribution is 0.0781. The first-order valence-electron chi connectivity index (χ1n) is 5.38. The van der Waals surface area contributed by atoms with Crippen molar-refractivity contribution >= 4 is 5.91 Å². The molecule has 0 unspecified atom stereocenters. The van der Waals surface area contributed by atoms with Gasteiger partial charge in [-0.25, -0.2) is 4.98 Å². The van der Waals surface area contributed by atoms with E-state index in [4.69, 9.17) is 0 Å². The Kier molecular flexibility index (Phi) is 3.22. The summed E-state index contributed by atoms with van der Waals surface area (Å²) >= 11 is 0. The van der Waals surface area contributed by atoms with Gasteiger partial charge in [-0.15, -0.1) is 0 Å². The molecular weight excluding hydrogens is 234 g/mol. The van der Waals surface area contributed by atoms with Crippen molar-refractivity contribution in [2.45, 2.75) is 13.5 Å². The fraction of sp³-hybridized carbons (Fsp3) is 0.273. The number of hydrogen-bond donors (Lipinski definition) is 2. The van der Waals surface area contributed by atoms with E-state index in [1.165, 1.54) is 17.2 Å². The molecule has 0 aliphatic carbocycles. The maximum Gasteiger partial charge on any atom is 0.254 e. The molecule has 2 rings (SSSR count). The van der Waals surface area contributed by atoms with Crippen LogP contribution in [-0.2, 0) is 6.54 Å². The van der Waals surface area contributed by atoms with Crippen molar-refractivity contribution < 1.29 is 4.79 Å². The molecule has 0 aliphatic heterocycles. The Labute approximate surface area is 103 Å². The Morgan fingerprint density at radius 3 is 2.89 bits per heavy atom. The van der Waals surface area contributed by atoms with Crippen LogP contribution >= 0.6 is 0 Å². The van der Waals surface area contributed by atoms with Crippen LogP contribution in [0, 0.1) is 6.92 Å². The van der Waals surface area contributed by atoms with Crippen molar-refractivity contribution in [3.63, 3.8) is 0 Å². The molecule has 94 valence electrons. The second-order valence-corrected chi connectivity index (χ2v) is 3.94. The zero-order valence-corrected chi connectivity index (χ0v) is 10.1. The maximum absolute atomic E-state index is 12.0. The summed E-state index contributed by atoms with van der Waals surface area (Å²) < 4.78 is 0. The molecule has 0 aromatic carbocycles. The topological polar surface area (TPSA) is 94.7 Å². The van der Waals surface area contributed by atoms with Gasteiger partial charge in [0.1, 0.15) is 5.82 Å². The zero-order chi connectivity index (χ0) is 13.1. The molecule has 7 heteroatoms. The summed E-state index contributed by atoms with van der Waals surface area (Å²) in [5.41, 5.74) is 0.0384. The van der Waals surface area contributed by atoms with Crippen LogP contribution in [0.5, 0.6) is 0 Å². The van der Waals surface area contributed by atoms with Gasteiger partial charge < -0.3 is 9.88 Å². The Morgan fingerprint density at radius 1 is 1.50 bits per heavy atom. The number of aryl methyl sites for hydroxylation is 1. The van der Waals surface area contributed by atoms with Crippen LogP contribution in [0.2, 0.25) is 0 Å². The Bertz CT molecular complexity index is 616. The van der Waals surface area contributed by atoms with Crippen molar-refractivity contribution in [1.29, 1.82) is 0 Å². The predicted molar refractivity (Wildman–Crippen MR) is 64.0 cm³/mol. The molecule has 2 N–H and O–H groups in total. The summed E-state index contributed by atoms with van der Waals surface area (Å²) in [6.07, 6.45) is 1.44. The number of hydrogen-bond acceptors (Lipinski definition) is 4. The average molecular weight is 247 g/mol. The Morgan fingerprint density at radius 2 is 2.28 bits per heavy atom. The van der Waals surface area contributed by atoms with Gasteiger partial charge in [-0.05, 0) is 13.0 Å². The lowest BCUT2D eigenvalue weighted by Crippen LogP contribution is -2.27. The molecule has 0 bridgehead atoms. The summed E-state index contributed by atoms with van der Waals surface area (Å²) in [5, 5.41) is 6.66. The van der Waals surface area contributed by atoms with E-state index in [1.54, 1.807) is 20.0 Å². The van der Waals surface area contributed by atoms with Crippen molar-refractivity contribution in [3.05, 3.63) is 45.9 Å². The number of carbonyl (C=O) groups excluding carboxylic acids is 1. The van der Waals surface area contributed by atoms with E-state index in [0.717, 1.165) is 0 Å². The first-order chi connectivity index (χ1) is 8.56. The van der Waals surface area contributed by atoms with E-state index in [9.17, 15) is 9.59 Å². The lowest BCUT2D eigenvalue weighted by atomic mass is 10.2. The smallest absolute Gasteiger partial charge is 0.254 e. The van der Waals surface area contributed by atoms with Crippen LogP contribution in [-0.4, -0.2) is 38.0 Å². The third kappa shape index (κ3) is 2.62. The number of amides is 1. The molecule has 7 nitrogen and oxygen atoms in total. The van der Waals surface area contributed by atoms with Gasteiger partial charge in [0, 0.05) is 24.9 Å². The second kappa shape index (κ2) is 4.82. The van der Waals surface area contributed by atoms with Gasteiger partial charge in [-0.2, -0.15) is 5.10 Å². The molecule has 18 heavy (non-hydrogen) atoms. The summed E-state index contributed by atoms with van der Waals surface area (Å²) in [7, 11) is 1.63. The summed E-state index contributed by atoms with van der Waals surface area (Å²) in [4.78, 5) is 31.2. The fourth-order valence-electron chi connectivity index (χ4n) is 1.54. The first kappa shape index (κ1) is 12.0. The first-order valence-corrected chi connectivity index (χ1v) is 5.38. The van der Waals surface area contributed by atoms with E-state index in [2.05, 4.69) is 20.2 Å². The number of carbonyl (C=O) groups is 1. The normalized spacial score (nSPS) is 10.3. The number of aromatic amines is 2. The van der Waals surface area contributed by atoms with Crippen LogP contribution in [0.4, 0.5) is 0 Å². The highest BCUT2D eigenvalue weighted by Gasteiger charge is 2.14. The van der Waals surface area contributed by atoms with Crippen molar-refractivity contribution in [3.8, 4) is 0 Å². The predicted octanol–water partition coefficient (Wildman–Crippen LogP) is 0.0736. The van der Waals surface area contributed by atoms with Crippen LogP contribution in [0.15, 0.2) is 23.1 Å². The van der Waals surface area contributed by atoms with Crippen molar-refractivity contribution in [2.24, 2.45) is 0 Å². The highest BCUT2D eigenvalue weighted by molar-refractivity contribution is 5.93. The fourth-order valence-corrected chi connectivity index (χ4v) is 1.54. The van der Waals surface area contributed by atoms with Gasteiger partial charge in [0.05, 0.1) is 6.54 Å². The number of pyridine rings is 1. The van der Waals surface area contributed by atoms with Gasteiger partial charge in [-0.3, -0.25) is 14.7 Å². The number of nitrogens with zero attached hydrogens (tertiary/aromatic N) is 3. The second-order valence-electron chi connectivity index (χ2n) is 3.94. The third-order valence-electron chi connectivity index (χ3n) is 2.39. The molecule has 0 fully saturated rings. The van der Waals surface area contributed by atoms with Gasteiger partial charge in [0.25, 0.3) is 5.91 Å². The minimum absolute atomic E-state index is 0.247. The molecule has 2 aromatic heterocycles. The quantitative estimate of drug-likeness (QED) is 0.802. The monoisotopic (exact) mass is 247 g/mol. The Hall–Kier alpha value is -2.44. The van der Waals surface area contributed by atoms with Gasteiger partial charge >= 0.3 is 0 Å². The molecule has 1 amide bonds. The van der Waals surface area contributed by atoms with Crippen molar-refractivity contribution in [1.82, 2.24) is 25.1 Å². The van der Waals surface area contributed by atoms with Crippen LogP contribution in [0.25, 0.3) is 0 Å². The van der Waals surface area contributed by atoms with E-state index in [1.807, 2.05) is 0 Å². The Balaban J connectivity index is 2.11. The largest absolute Gasteiger partial charge is 0.334 e. The minimum Gasteiger partial charge on any atom is -0.334 e. The standard InChI is InChI=1S/C11H13N5O2/c1-7-13-9(15-14-7)6-16(2)11(18)8-3-4-12-10(17)5-8/h3-5H,6H2,1-2H3,(H,12,17)(H,13,14,15). The maximum atomic E-state index is 12.0. The van der Waals surface area contributed by atoms with E-state index >= 15 is 0 Å². The summed E-state index contributed by atoms with van der Waals surface area (Å²) in [5.74, 6) is 0.985. The van der Waals surface area contributed by atoms with Gasteiger partial charge in [0.15, 0.2) is 5.82 Å². The average Bonchev–Trinajstić information content (AvgIpc) is 2.73. The van der Waals surface area contributed by atoms with Crippen LogP contribution in [0.1, 0.15) is 22.0 Å². The van der Waals surface area contributed by atoms with Crippen LogP contribution in [0.3, 0.4) is 0 Å². The highest BCUT2D eigenvalue weighted by Crippen LogP contribution is 2.03. The van der Waals surface area contributed by atoms with Crippen LogP contribution < -0.4 is 5.56 Å². The van der Waals surface area contributed by atoms with Gasteiger partial charge in [-0.1, -0.05) is 0 Å². The number of rotatable bonds is 3. The number of nitrogens with one attached hydrogen (secondary N) is 2. The zero-order valence-electron chi connectivity index (χ0n) is 10.1. The van der Waals surface area contributed by atoms with E-state index < -0.39 is 0 Å². The molecule has 0 radical (unpaired) electrons. The molecule has 0 saturated heterocycles. The lowest BCUT2D eigenvalue weighted by Gasteiger charge is -2.14. The highest BCUT2D eigenvalue weighted by atomic mass is 16.2. The SMILES string of the molecule is Cc1nc(CN(C)C(=O)c2cc[nH]c(=O)c2)n[nH]1. The molecule has 0 spiro atoms. The molecule has 0 saturated carbocycles. The van der Waals surface area contributed by atoms with E-state index in [-0.39, 0.29) is 18.0 Å². The summed E-state index contributed by atoms with van der Waals surface area (Å²) in [6, 6.07) is 2.82. The number of aromatic nitrogens is 4. The minimum atomic E-state index is -0.303. The number of H-pyrrole nitrogens is 2. The van der Waals surface area contributed by atoms with Gasteiger partial charge in [0.2, 0.25) is 5.56 Å². The van der Waals surface area contributed by atoms with Crippen molar-refractivity contribution in [2.75, 3.05) is 7.05 Å². The summed E-state index contributed by atoms with van der Waals surface area (Å²) in [6.45, 7) is 2.07. The molecular formula is C11H13N5O2. The molecule has 0 aliphatic rings. The molecule has 2 aromatic rings. The molecule has 0 atom stereocenters. The molecule has 2 heterocycles.